The Morgan fingerprint density at radius 1 is 1.10 bits per heavy atom. The molecule has 0 aliphatic carbocycles. The highest BCUT2D eigenvalue weighted by Gasteiger charge is 2.27. The van der Waals surface area contributed by atoms with Gasteiger partial charge in [0.1, 0.15) is 17.7 Å². The van der Waals surface area contributed by atoms with Gasteiger partial charge in [0, 0.05) is 28.1 Å². The van der Waals surface area contributed by atoms with Gasteiger partial charge in [-0.15, -0.1) is 0 Å². The van der Waals surface area contributed by atoms with Gasteiger partial charge in [-0.2, -0.15) is 0 Å². The van der Waals surface area contributed by atoms with E-state index in [4.69, 9.17) is 33.7 Å². The Morgan fingerprint density at radius 2 is 1.80 bits per heavy atom. The van der Waals surface area contributed by atoms with Crippen LogP contribution >= 0.6 is 23.2 Å². The topological polar surface area (TPSA) is 35.2 Å². The van der Waals surface area contributed by atoms with Crippen molar-refractivity contribution in [1.82, 2.24) is 0 Å². The monoisotopic (exact) mass is 311 g/mol. The summed E-state index contributed by atoms with van der Waals surface area (Å²) in [4.78, 5) is 0. The average Bonchev–Trinajstić information content (AvgIpc) is 2.38. The Bertz CT molecular complexity index is 642. The predicted molar refractivity (Wildman–Crippen MR) is 77.8 cm³/mol. The summed E-state index contributed by atoms with van der Waals surface area (Å²) in [6.07, 6.45) is 0.312. The summed E-state index contributed by atoms with van der Waals surface area (Å²) in [7, 11) is 0. The SMILES string of the molecule is N[C@H]1CC(c2cc(Cl)cc(Cl)c2)Oc2ccc(F)cc21. The molecule has 1 heterocycles. The third kappa shape index (κ3) is 2.62. The number of hydrogen-bond acceptors (Lipinski definition) is 2. The molecule has 2 aromatic carbocycles. The van der Waals surface area contributed by atoms with Gasteiger partial charge in [-0.25, -0.2) is 4.39 Å². The van der Waals surface area contributed by atoms with Gasteiger partial charge in [0.2, 0.25) is 0 Å². The smallest absolute Gasteiger partial charge is 0.126 e. The molecule has 3 rings (SSSR count). The molecule has 0 fully saturated rings. The number of hydrogen-bond donors (Lipinski definition) is 1. The fourth-order valence-electron chi connectivity index (χ4n) is 2.44. The number of fused-ring (bicyclic) bond motifs is 1. The molecule has 104 valence electrons. The first-order valence-electron chi connectivity index (χ1n) is 6.20. The molecule has 2 aromatic rings. The molecule has 2 nitrogen and oxygen atoms in total. The average molecular weight is 312 g/mol. The standard InChI is InChI=1S/C15H12Cl2FNO/c16-9-3-8(4-10(17)5-9)15-7-13(19)12-6-11(18)1-2-14(12)20-15/h1-6,13,15H,7,19H2/t13-,15?/m0/s1. The van der Waals surface area contributed by atoms with E-state index in [0.29, 0.717) is 27.8 Å². The number of ether oxygens (including phenoxy) is 1. The molecule has 20 heavy (non-hydrogen) atoms. The highest BCUT2D eigenvalue weighted by molar-refractivity contribution is 6.34. The largest absolute Gasteiger partial charge is 0.485 e. The number of benzene rings is 2. The van der Waals surface area contributed by atoms with Gasteiger partial charge < -0.3 is 10.5 Å². The summed E-state index contributed by atoms with van der Waals surface area (Å²) in [5, 5.41) is 1.10. The lowest BCUT2D eigenvalue weighted by molar-refractivity contribution is 0.161. The first-order chi connectivity index (χ1) is 9.52. The highest BCUT2D eigenvalue weighted by Crippen LogP contribution is 2.40. The van der Waals surface area contributed by atoms with Crippen molar-refractivity contribution in [2.75, 3.05) is 0 Å². The van der Waals surface area contributed by atoms with E-state index < -0.39 is 0 Å². The van der Waals surface area contributed by atoms with E-state index in [-0.39, 0.29) is 18.0 Å². The maximum absolute atomic E-state index is 13.2. The molecular weight excluding hydrogens is 300 g/mol. The van der Waals surface area contributed by atoms with Gasteiger partial charge in [0.25, 0.3) is 0 Å². The van der Waals surface area contributed by atoms with Crippen LogP contribution < -0.4 is 10.5 Å². The lowest BCUT2D eigenvalue weighted by atomic mass is 9.93. The van der Waals surface area contributed by atoms with Crippen LogP contribution in [-0.4, -0.2) is 0 Å². The van der Waals surface area contributed by atoms with Crippen molar-refractivity contribution < 1.29 is 9.13 Å². The van der Waals surface area contributed by atoms with Crippen LogP contribution in [0, 0.1) is 5.82 Å². The second-order valence-corrected chi connectivity index (χ2v) is 5.71. The van der Waals surface area contributed by atoms with Crippen molar-refractivity contribution >= 4 is 23.2 Å². The van der Waals surface area contributed by atoms with Crippen molar-refractivity contribution in [2.24, 2.45) is 5.73 Å². The van der Waals surface area contributed by atoms with E-state index >= 15 is 0 Å². The van der Waals surface area contributed by atoms with Crippen LogP contribution in [-0.2, 0) is 0 Å². The maximum atomic E-state index is 13.2. The molecule has 0 amide bonds. The van der Waals surface area contributed by atoms with Gasteiger partial charge in [-0.3, -0.25) is 0 Å². The molecule has 1 aliphatic heterocycles. The van der Waals surface area contributed by atoms with E-state index in [9.17, 15) is 4.39 Å². The van der Waals surface area contributed by atoms with Gasteiger partial charge >= 0.3 is 0 Å². The predicted octanol–water partition coefficient (Wildman–Crippen LogP) is 4.66. The van der Waals surface area contributed by atoms with Crippen molar-refractivity contribution in [3.05, 3.63) is 63.4 Å². The van der Waals surface area contributed by atoms with Crippen molar-refractivity contribution in [2.45, 2.75) is 18.6 Å². The number of rotatable bonds is 1. The third-order valence-electron chi connectivity index (χ3n) is 3.37. The summed E-state index contributed by atoms with van der Waals surface area (Å²) in [6, 6.07) is 9.37. The van der Waals surface area contributed by atoms with E-state index in [2.05, 4.69) is 0 Å². The van der Waals surface area contributed by atoms with Gasteiger partial charge in [0.15, 0.2) is 0 Å². The van der Waals surface area contributed by atoms with Gasteiger partial charge in [-0.1, -0.05) is 23.2 Å². The van der Waals surface area contributed by atoms with Gasteiger partial charge in [0.05, 0.1) is 0 Å². The van der Waals surface area contributed by atoms with Crippen LogP contribution in [0.4, 0.5) is 4.39 Å². The lowest BCUT2D eigenvalue weighted by Crippen LogP contribution is -2.24. The van der Waals surface area contributed by atoms with Gasteiger partial charge in [-0.05, 0) is 42.0 Å². The molecule has 5 heteroatoms. The van der Waals surface area contributed by atoms with E-state index in [1.165, 1.54) is 12.1 Å². The fraction of sp³-hybridized carbons (Fsp3) is 0.200. The zero-order valence-electron chi connectivity index (χ0n) is 10.4. The Balaban J connectivity index is 1.96. The first-order valence-corrected chi connectivity index (χ1v) is 6.96. The molecule has 1 unspecified atom stereocenters. The molecule has 0 aromatic heterocycles. The van der Waals surface area contributed by atoms with E-state index in [1.54, 1.807) is 24.3 Å². The summed E-state index contributed by atoms with van der Waals surface area (Å²) < 4.78 is 19.1. The maximum Gasteiger partial charge on any atom is 0.126 e. The summed E-state index contributed by atoms with van der Waals surface area (Å²) in [5.74, 6) is 0.290. The normalized spacial score (nSPS) is 21.2. The first kappa shape index (κ1) is 13.7. The molecule has 0 saturated heterocycles. The summed E-state index contributed by atoms with van der Waals surface area (Å²) >= 11 is 12.0. The van der Waals surface area contributed by atoms with Crippen LogP contribution in [0.3, 0.4) is 0 Å². The van der Waals surface area contributed by atoms with Crippen molar-refractivity contribution in [1.29, 1.82) is 0 Å². The minimum atomic E-state index is -0.313. The lowest BCUT2D eigenvalue weighted by Gasteiger charge is -2.30. The second kappa shape index (κ2) is 5.24. The quantitative estimate of drug-likeness (QED) is 0.831. The second-order valence-electron chi connectivity index (χ2n) is 4.83. The van der Waals surface area contributed by atoms with Crippen molar-refractivity contribution in [3.8, 4) is 5.75 Å². The van der Waals surface area contributed by atoms with Crippen LogP contribution in [0.1, 0.15) is 29.7 Å². The number of halogens is 3. The summed E-state index contributed by atoms with van der Waals surface area (Å²) in [6.45, 7) is 0. The number of nitrogens with two attached hydrogens (primary N) is 1. The zero-order chi connectivity index (χ0) is 14.3. The van der Waals surface area contributed by atoms with Crippen LogP contribution in [0.2, 0.25) is 10.0 Å². The molecule has 0 bridgehead atoms. The zero-order valence-corrected chi connectivity index (χ0v) is 12.0. The minimum Gasteiger partial charge on any atom is -0.485 e. The molecule has 0 saturated carbocycles. The van der Waals surface area contributed by atoms with E-state index in [1.807, 2.05) is 0 Å². The minimum absolute atomic E-state index is 0.237. The Morgan fingerprint density at radius 3 is 2.50 bits per heavy atom. The highest BCUT2D eigenvalue weighted by atomic mass is 35.5. The molecule has 2 atom stereocenters. The summed E-state index contributed by atoms with van der Waals surface area (Å²) in [5.41, 5.74) is 7.66. The van der Waals surface area contributed by atoms with E-state index in [0.717, 1.165) is 5.56 Å². The Hall–Kier alpha value is -1.29. The molecular formula is C15H12Cl2FNO. The van der Waals surface area contributed by atoms with Crippen LogP contribution in [0.25, 0.3) is 0 Å². The molecule has 0 spiro atoms. The molecule has 0 radical (unpaired) electrons. The van der Waals surface area contributed by atoms with Crippen molar-refractivity contribution in [3.63, 3.8) is 0 Å². The fourth-order valence-corrected chi connectivity index (χ4v) is 2.98. The van der Waals surface area contributed by atoms with Crippen LogP contribution in [0.5, 0.6) is 5.75 Å². The van der Waals surface area contributed by atoms with Crippen LogP contribution in [0.15, 0.2) is 36.4 Å². The Kier molecular flexibility index (Phi) is 3.59. The molecule has 2 N–H and O–H groups in total. The third-order valence-corrected chi connectivity index (χ3v) is 3.80. The molecule has 1 aliphatic rings. The Labute approximate surface area is 126 Å².